The average Bonchev–Trinajstić information content (AvgIpc) is 3.51. The first kappa shape index (κ1) is 21.8. The number of aromatic nitrogens is 2. The van der Waals surface area contributed by atoms with Gasteiger partial charge in [-0.25, -0.2) is 0 Å². The fourth-order valence-corrected chi connectivity index (χ4v) is 5.78. The fourth-order valence-electron chi connectivity index (χ4n) is 5.78. The minimum absolute atomic E-state index is 0.625. The van der Waals surface area contributed by atoms with E-state index in [0.717, 1.165) is 49.1 Å². The van der Waals surface area contributed by atoms with E-state index in [9.17, 15) is 0 Å². The van der Waals surface area contributed by atoms with Crippen molar-refractivity contribution in [1.82, 2.24) is 8.96 Å². The molecule has 0 amide bonds. The molecule has 3 heterocycles. The lowest BCUT2D eigenvalue weighted by atomic mass is 9.72. The number of benzene rings is 5. The van der Waals surface area contributed by atoms with Crippen molar-refractivity contribution in [3.63, 3.8) is 0 Å². The van der Waals surface area contributed by atoms with Crippen molar-refractivity contribution in [1.29, 1.82) is 0 Å². The molecule has 0 N–H and O–H groups in total. The van der Waals surface area contributed by atoms with Gasteiger partial charge in [0, 0.05) is 43.6 Å². The molecule has 1 saturated heterocycles. The highest BCUT2D eigenvalue weighted by Gasteiger charge is 2.47. The molecular formula is C30H21B3N2O3. The topological polar surface area (TPSA) is 37.5 Å². The van der Waals surface area contributed by atoms with Crippen LogP contribution in [0.2, 0.25) is 0 Å². The van der Waals surface area contributed by atoms with E-state index in [1.807, 2.05) is 30.3 Å². The monoisotopic (exact) mass is 490 g/mol. The van der Waals surface area contributed by atoms with E-state index in [0.29, 0.717) is 0 Å². The predicted molar refractivity (Wildman–Crippen MR) is 156 cm³/mol. The van der Waals surface area contributed by atoms with E-state index in [1.165, 1.54) is 0 Å². The quantitative estimate of drug-likeness (QED) is 0.298. The van der Waals surface area contributed by atoms with Gasteiger partial charge < -0.3 is 22.7 Å². The van der Waals surface area contributed by atoms with Gasteiger partial charge in [0.1, 0.15) is 0 Å². The second-order valence-corrected chi connectivity index (χ2v) is 9.57. The molecule has 0 saturated carbocycles. The molecule has 0 radical (unpaired) electrons. The smallest absolute Gasteiger partial charge is 0.428 e. The van der Waals surface area contributed by atoms with Crippen molar-refractivity contribution in [2.24, 2.45) is 0 Å². The number of hydrogen-bond acceptors (Lipinski definition) is 3. The van der Waals surface area contributed by atoms with Gasteiger partial charge in [0.15, 0.2) is 0 Å². The molecule has 1 fully saturated rings. The highest BCUT2D eigenvalue weighted by Crippen LogP contribution is 2.33. The Morgan fingerprint density at radius 2 is 0.711 bits per heavy atom. The number of nitrogens with zero attached hydrogens (tertiary/aromatic N) is 2. The minimum atomic E-state index is -0.719. The maximum atomic E-state index is 6.74. The summed E-state index contributed by atoms with van der Waals surface area (Å²) in [5.74, 6) is 0. The Bertz CT molecular complexity index is 1720. The van der Waals surface area contributed by atoms with E-state index in [-0.39, 0.29) is 0 Å². The third-order valence-corrected chi connectivity index (χ3v) is 7.44. The van der Waals surface area contributed by atoms with Gasteiger partial charge in [0.2, 0.25) is 0 Å². The van der Waals surface area contributed by atoms with Crippen LogP contribution in [0.4, 0.5) is 0 Å². The van der Waals surface area contributed by atoms with E-state index < -0.39 is 21.6 Å². The maximum Gasteiger partial charge on any atom is 0.572 e. The predicted octanol–water partition coefficient (Wildman–Crippen LogP) is 5.73. The Kier molecular flexibility index (Phi) is 4.98. The van der Waals surface area contributed by atoms with Crippen LogP contribution in [0.1, 0.15) is 0 Å². The normalized spacial score (nSPS) is 14.4. The van der Waals surface area contributed by atoms with Crippen LogP contribution in [-0.4, -0.2) is 30.6 Å². The lowest BCUT2D eigenvalue weighted by Crippen LogP contribution is -2.58. The van der Waals surface area contributed by atoms with Gasteiger partial charge in [0.25, 0.3) is 0 Å². The molecule has 38 heavy (non-hydrogen) atoms. The van der Waals surface area contributed by atoms with Crippen molar-refractivity contribution in [3.05, 3.63) is 127 Å². The summed E-state index contributed by atoms with van der Waals surface area (Å²) in [7, 11) is -2.06. The Labute approximate surface area is 220 Å². The van der Waals surface area contributed by atoms with Gasteiger partial charge in [-0.1, -0.05) is 103 Å². The van der Waals surface area contributed by atoms with Gasteiger partial charge in [0.05, 0.1) is 0 Å². The third-order valence-electron chi connectivity index (χ3n) is 7.44. The van der Waals surface area contributed by atoms with Crippen LogP contribution < -0.4 is 5.46 Å². The van der Waals surface area contributed by atoms with E-state index >= 15 is 0 Å². The zero-order chi connectivity index (χ0) is 25.1. The highest BCUT2D eigenvalue weighted by atomic mass is 16.7. The summed E-state index contributed by atoms with van der Waals surface area (Å²) in [5, 5.41) is 4.64. The molecule has 2 aromatic heterocycles. The summed E-state index contributed by atoms with van der Waals surface area (Å²) < 4.78 is 24.2. The average molecular weight is 490 g/mol. The lowest BCUT2D eigenvalue weighted by molar-refractivity contribution is 0.278. The summed E-state index contributed by atoms with van der Waals surface area (Å²) in [6.45, 7) is 0. The first-order valence-electron chi connectivity index (χ1n) is 12.8. The van der Waals surface area contributed by atoms with Crippen LogP contribution in [0.25, 0.3) is 43.6 Å². The zero-order valence-electron chi connectivity index (χ0n) is 20.5. The molecule has 1 aliphatic rings. The van der Waals surface area contributed by atoms with Crippen molar-refractivity contribution in [2.45, 2.75) is 0 Å². The Morgan fingerprint density at radius 3 is 1.11 bits per heavy atom. The molecule has 0 aliphatic carbocycles. The first-order chi connectivity index (χ1) is 18.9. The number of fused-ring (bicyclic) bond motifs is 6. The second kappa shape index (κ2) is 8.67. The van der Waals surface area contributed by atoms with Crippen LogP contribution in [0.5, 0.6) is 0 Å². The molecule has 5 aromatic carbocycles. The van der Waals surface area contributed by atoms with Crippen LogP contribution in [0.15, 0.2) is 127 Å². The number of para-hydroxylation sites is 4. The zero-order valence-corrected chi connectivity index (χ0v) is 20.5. The Hall–Kier alpha value is -4.23. The van der Waals surface area contributed by atoms with Gasteiger partial charge in [-0.2, -0.15) is 0 Å². The van der Waals surface area contributed by atoms with Crippen LogP contribution in [0.3, 0.4) is 0 Å². The molecule has 1 aliphatic heterocycles. The van der Waals surface area contributed by atoms with Gasteiger partial charge in [-0.3, -0.25) is 0 Å². The lowest BCUT2D eigenvalue weighted by Gasteiger charge is -2.32. The molecule has 0 bridgehead atoms. The molecule has 0 unspecified atom stereocenters. The summed E-state index contributed by atoms with van der Waals surface area (Å²) in [5.41, 5.74) is 5.14. The highest BCUT2D eigenvalue weighted by molar-refractivity contribution is 6.79. The third kappa shape index (κ3) is 3.28. The molecule has 7 aromatic rings. The van der Waals surface area contributed by atoms with Crippen LogP contribution >= 0.6 is 0 Å². The van der Waals surface area contributed by atoms with Crippen LogP contribution in [-0.2, 0) is 13.7 Å². The molecular weight excluding hydrogens is 469 g/mol. The van der Waals surface area contributed by atoms with Crippen molar-refractivity contribution in [2.75, 3.05) is 0 Å². The van der Waals surface area contributed by atoms with Gasteiger partial charge in [-0.15, -0.1) is 0 Å². The van der Waals surface area contributed by atoms with Gasteiger partial charge in [-0.05, 0) is 29.7 Å². The molecule has 178 valence electrons. The second-order valence-electron chi connectivity index (χ2n) is 9.57. The van der Waals surface area contributed by atoms with E-state index in [2.05, 4.69) is 106 Å². The Morgan fingerprint density at radius 1 is 0.368 bits per heavy atom. The molecule has 8 heteroatoms. The summed E-state index contributed by atoms with van der Waals surface area (Å²) in [6, 6.07) is 43.6. The largest absolute Gasteiger partial charge is 0.572 e. The molecule has 0 atom stereocenters. The van der Waals surface area contributed by atoms with Crippen LogP contribution in [0, 0.1) is 0 Å². The summed E-state index contributed by atoms with van der Waals surface area (Å²) in [6.07, 6.45) is 0. The minimum Gasteiger partial charge on any atom is -0.428 e. The first-order valence-corrected chi connectivity index (χ1v) is 12.8. The SMILES string of the molecule is c1ccc(B2OB(n3c4ccccc4c4ccccc43)OB(n3c4ccccc4c4ccccc43)O2)cc1. The standard InChI is InChI=1S/C30H21B3N2O3/c1-2-12-22(13-3-1)31-36-32(34-27-18-8-4-14-23(27)24-15-5-9-19-28(24)34)38-33(37-31)35-29-20-10-6-16-25(29)26-17-7-11-21-30(26)35/h1-21H. The number of rotatable bonds is 3. The summed E-state index contributed by atoms with van der Waals surface area (Å²) >= 11 is 0. The molecule has 0 spiro atoms. The molecule has 8 rings (SSSR count). The number of hydrogen-bond donors (Lipinski definition) is 0. The molecule has 5 nitrogen and oxygen atoms in total. The van der Waals surface area contributed by atoms with E-state index in [1.54, 1.807) is 0 Å². The van der Waals surface area contributed by atoms with Gasteiger partial charge >= 0.3 is 21.6 Å². The Balaban J connectivity index is 1.35. The fraction of sp³-hybridized carbons (Fsp3) is 0. The van der Waals surface area contributed by atoms with Crippen molar-refractivity contribution in [3.8, 4) is 0 Å². The van der Waals surface area contributed by atoms with Crippen molar-refractivity contribution >= 4 is 70.7 Å². The summed E-state index contributed by atoms with van der Waals surface area (Å²) in [4.78, 5) is 0. The maximum absolute atomic E-state index is 6.74. The van der Waals surface area contributed by atoms with E-state index in [4.69, 9.17) is 13.7 Å². The van der Waals surface area contributed by atoms with Crippen molar-refractivity contribution < 1.29 is 13.7 Å².